The Morgan fingerprint density at radius 3 is 1.11 bits per heavy atom. The summed E-state index contributed by atoms with van der Waals surface area (Å²) in [5.74, 6) is 1.45. The van der Waals surface area contributed by atoms with Gasteiger partial charge in [-0.05, 0) is 0 Å². The molecule has 0 saturated carbocycles. The summed E-state index contributed by atoms with van der Waals surface area (Å²) in [4.78, 5) is 0. The Morgan fingerprint density at radius 2 is 0.816 bits per heavy atom. The Bertz CT molecular complexity index is 1100. The molecule has 0 saturated heterocycles. The second kappa shape index (κ2) is 10.7. The average molecular weight is 539 g/mol. The van der Waals surface area contributed by atoms with Crippen LogP contribution < -0.4 is 5.30 Å². The van der Waals surface area contributed by atoms with Crippen LogP contribution >= 0.6 is 7.26 Å². The molecule has 0 unspecified atom stereocenters. The molecule has 2 aromatic carbocycles. The van der Waals surface area contributed by atoms with Gasteiger partial charge in [-0.25, -0.2) is 0 Å². The van der Waals surface area contributed by atoms with E-state index < -0.39 is 7.26 Å². The van der Waals surface area contributed by atoms with Gasteiger partial charge in [0.05, 0.1) is 0 Å². The van der Waals surface area contributed by atoms with E-state index >= 15 is 0 Å². The summed E-state index contributed by atoms with van der Waals surface area (Å²) >= 11 is 0. The SMILES string of the molecule is Cc1c(C)c(C)c([PH](C(C)(C)C)(C(C)(C)C)C(C)(C)C)c(-c2c(C(C)C)cc(C(C)C)cc2C(C)C)c1C. The van der Waals surface area contributed by atoms with Crippen molar-refractivity contribution in [1.82, 2.24) is 0 Å². The van der Waals surface area contributed by atoms with E-state index in [0.29, 0.717) is 17.8 Å². The van der Waals surface area contributed by atoms with Gasteiger partial charge < -0.3 is 0 Å². The summed E-state index contributed by atoms with van der Waals surface area (Å²) < 4.78 is 0. The van der Waals surface area contributed by atoms with Gasteiger partial charge in [-0.15, -0.1) is 0 Å². The fourth-order valence-electron chi connectivity index (χ4n) is 8.84. The van der Waals surface area contributed by atoms with Crippen LogP contribution in [-0.4, -0.2) is 15.5 Å². The first-order chi connectivity index (χ1) is 16.9. The molecule has 0 heterocycles. The van der Waals surface area contributed by atoms with E-state index in [1.54, 1.807) is 22.0 Å². The molecule has 0 aliphatic rings. The van der Waals surface area contributed by atoms with Crippen molar-refractivity contribution >= 4 is 12.6 Å². The molecule has 0 spiro atoms. The third-order valence-electron chi connectivity index (χ3n) is 9.82. The Labute approximate surface area is 239 Å². The second-order valence-corrected chi connectivity index (χ2v) is 22.8. The van der Waals surface area contributed by atoms with Gasteiger partial charge in [0, 0.05) is 0 Å². The van der Waals surface area contributed by atoms with Crippen molar-refractivity contribution in [2.24, 2.45) is 0 Å². The van der Waals surface area contributed by atoms with Crippen LogP contribution in [0.3, 0.4) is 0 Å². The van der Waals surface area contributed by atoms with Crippen molar-refractivity contribution in [2.75, 3.05) is 0 Å². The maximum atomic E-state index is 2.55. The Hall–Kier alpha value is -1.13. The first-order valence-electron chi connectivity index (χ1n) is 15.2. The Kier molecular flexibility index (Phi) is 9.31. The van der Waals surface area contributed by atoms with Crippen molar-refractivity contribution in [2.45, 2.75) is 165 Å². The van der Waals surface area contributed by atoms with Gasteiger partial charge >= 0.3 is 240 Å². The Balaban J connectivity index is 3.52. The van der Waals surface area contributed by atoms with Crippen LogP contribution in [0.1, 0.15) is 161 Å². The number of rotatable bonds is 5. The maximum absolute atomic E-state index is 2.55. The van der Waals surface area contributed by atoms with Crippen molar-refractivity contribution in [3.05, 3.63) is 51.1 Å². The normalized spacial score (nSPS) is 14.3. The van der Waals surface area contributed by atoms with E-state index in [1.807, 2.05) is 0 Å². The molecule has 0 N–H and O–H groups in total. The van der Waals surface area contributed by atoms with E-state index in [0.717, 1.165) is 0 Å². The molecule has 2 rings (SSSR count). The van der Waals surface area contributed by atoms with Gasteiger partial charge in [-0.2, -0.15) is 0 Å². The van der Waals surface area contributed by atoms with Gasteiger partial charge in [0.25, 0.3) is 0 Å². The summed E-state index contributed by atoms with van der Waals surface area (Å²) in [6.07, 6.45) is 0. The predicted octanol–water partition coefficient (Wildman–Crippen LogP) is 11.7. The molecule has 0 aliphatic heterocycles. The summed E-state index contributed by atoms with van der Waals surface area (Å²) in [7, 11) is -2.28. The van der Waals surface area contributed by atoms with E-state index in [-0.39, 0.29) is 15.5 Å². The van der Waals surface area contributed by atoms with Gasteiger partial charge in [0.15, 0.2) is 0 Å². The summed E-state index contributed by atoms with van der Waals surface area (Å²) in [6, 6.07) is 5.11. The molecule has 0 bridgehead atoms. The van der Waals surface area contributed by atoms with E-state index in [9.17, 15) is 0 Å². The molecule has 0 aliphatic carbocycles. The molecule has 38 heavy (non-hydrogen) atoms. The van der Waals surface area contributed by atoms with Crippen LogP contribution in [0.25, 0.3) is 11.1 Å². The van der Waals surface area contributed by atoms with Gasteiger partial charge in [-0.1, -0.05) is 0 Å². The van der Waals surface area contributed by atoms with E-state index in [4.69, 9.17) is 0 Å². The van der Waals surface area contributed by atoms with Crippen LogP contribution in [0, 0.1) is 27.7 Å². The van der Waals surface area contributed by atoms with Crippen LogP contribution in [0.15, 0.2) is 12.1 Å². The van der Waals surface area contributed by atoms with E-state index in [1.165, 1.54) is 33.4 Å². The summed E-state index contributed by atoms with van der Waals surface area (Å²) in [6.45, 7) is 46.9. The summed E-state index contributed by atoms with van der Waals surface area (Å²) in [5.41, 5.74) is 13.7. The first-order valence-corrected chi connectivity index (χ1v) is 17.2. The zero-order valence-corrected chi connectivity index (χ0v) is 29.9. The van der Waals surface area contributed by atoms with Gasteiger partial charge in [0.2, 0.25) is 0 Å². The van der Waals surface area contributed by atoms with E-state index in [2.05, 4.69) is 144 Å². The van der Waals surface area contributed by atoms with Crippen molar-refractivity contribution in [3.8, 4) is 11.1 Å². The molecule has 216 valence electrons. The van der Waals surface area contributed by atoms with Gasteiger partial charge in [-0.3, -0.25) is 0 Å². The van der Waals surface area contributed by atoms with Crippen LogP contribution in [0.5, 0.6) is 0 Å². The number of benzene rings is 2. The molecule has 0 nitrogen and oxygen atoms in total. The van der Waals surface area contributed by atoms with Crippen LogP contribution in [0.2, 0.25) is 0 Å². The first kappa shape index (κ1) is 33.1. The molecule has 2 aromatic rings. The van der Waals surface area contributed by atoms with Crippen LogP contribution in [0.4, 0.5) is 0 Å². The molecule has 0 fully saturated rings. The molecule has 0 amide bonds. The predicted molar refractivity (Wildman–Crippen MR) is 180 cm³/mol. The molecular weight excluding hydrogens is 475 g/mol. The van der Waals surface area contributed by atoms with Crippen LogP contribution in [-0.2, 0) is 0 Å². The molecular formula is C37H63P. The zero-order chi connectivity index (χ0) is 29.9. The average Bonchev–Trinajstić information content (AvgIpc) is 2.72. The number of hydrogen-bond acceptors (Lipinski definition) is 0. The molecule has 0 radical (unpaired) electrons. The van der Waals surface area contributed by atoms with Gasteiger partial charge in [0.1, 0.15) is 0 Å². The van der Waals surface area contributed by atoms with Crippen molar-refractivity contribution in [1.29, 1.82) is 0 Å². The fraction of sp³-hybridized carbons (Fsp3) is 0.676. The standard InChI is InChI=1S/C37H63P/c1-22(2)29-20-30(23(3)4)33(31(21-29)24(5)6)32-27(9)25(7)26(8)28(10)34(32)38(35(11,12)13,36(14,15)16)37(17,18)19/h20-24,38H,1-19H3. The second-order valence-electron chi connectivity index (χ2n) is 16.3. The third kappa shape index (κ3) is 5.18. The third-order valence-corrected chi connectivity index (χ3v) is 17.9. The zero-order valence-electron chi connectivity index (χ0n) is 28.9. The topological polar surface area (TPSA) is 0 Å². The minimum absolute atomic E-state index is 0.172. The minimum atomic E-state index is -2.28. The fourth-order valence-corrected chi connectivity index (χ4v) is 19.3. The monoisotopic (exact) mass is 538 g/mol. The van der Waals surface area contributed by atoms with Crippen molar-refractivity contribution in [3.63, 3.8) is 0 Å². The quantitative estimate of drug-likeness (QED) is 0.332. The molecule has 1 heteroatoms. The van der Waals surface area contributed by atoms with Crippen molar-refractivity contribution < 1.29 is 0 Å². The number of hydrogen-bond donors (Lipinski definition) is 0. The molecule has 0 aromatic heterocycles. The summed E-state index contributed by atoms with van der Waals surface area (Å²) in [5, 5.41) is 2.24. The molecule has 0 atom stereocenters. The Morgan fingerprint density at radius 1 is 0.474 bits per heavy atom.